The summed E-state index contributed by atoms with van der Waals surface area (Å²) in [6.45, 7) is 0. The van der Waals surface area contributed by atoms with Crippen LogP contribution in [0.25, 0.3) is 49.3 Å². The summed E-state index contributed by atoms with van der Waals surface area (Å²) in [5.41, 5.74) is 6.36. The van der Waals surface area contributed by atoms with Gasteiger partial charge in [-0.2, -0.15) is 0 Å². The monoisotopic (exact) mass is 507 g/mol. The first kappa shape index (κ1) is 22.5. The highest BCUT2D eigenvalue weighted by molar-refractivity contribution is 5.83. The van der Waals surface area contributed by atoms with Crippen molar-refractivity contribution in [2.75, 3.05) is 0 Å². The molecule has 0 bridgehead atoms. The average Bonchev–Trinajstić information content (AvgIpc) is 3.78. The highest BCUT2D eigenvalue weighted by atomic mass is 15.4. The highest BCUT2D eigenvalue weighted by Gasteiger charge is 2.01. The number of benzene rings is 3. The third-order valence-corrected chi connectivity index (χ3v) is 6.52. The topological polar surface area (TPSA) is 90.6 Å². The maximum absolute atomic E-state index is 4.01. The number of hydrogen-bond donors (Lipinski definition) is 0. The first-order valence-electron chi connectivity index (χ1n) is 12.4. The van der Waals surface area contributed by atoms with Gasteiger partial charge in [0.25, 0.3) is 0 Å². The second kappa shape index (κ2) is 9.64. The molecule has 0 atom stereocenters. The summed E-state index contributed by atoms with van der Waals surface area (Å²) in [7, 11) is 0. The Labute approximate surface area is 221 Å². The van der Waals surface area contributed by atoms with Crippen LogP contribution in [0.2, 0.25) is 0 Å². The molecule has 0 N–H and O–H groups in total. The van der Waals surface area contributed by atoms with Gasteiger partial charge in [-0.15, -0.1) is 15.3 Å². The van der Waals surface area contributed by atoms with E-state index in [9.17, 15) is 0 Å². The van der Waals surface area contributed by atoms with E-state index in [4.69, 9.17) is 0 Å². The first-order chi connectivity index (χ1) is 19.3. The summed E-state index contributed by atoms with van der Waals surface area (Å²) < 4.78 is 5.53. The van der Waals surface area contributed by atoms with Gasteiger partial charge in [-0.1, -0.05) is 88.4 Å². The van der Waals surface area contributed by atoms with Gasteiger partial charge in [-0.05, 0) is 36.4 Å². The third kappa shape index (κ3) is 4.17. The highest BCUT2D eigenvalue weighted by Crippen LogP contribution is 2.16. The molecule has 0 spiro atoms. The Bertz CT molecular complexity index is 1960. The van der Waals surface area contributed by atoms with Crippen molar-refractivity contribution in [3.63, 3.8) is 0 Å². The lowest BCUT2D eigenvalue weighted by atomic mass is 10.2. The number of para-hydroxylation sites is 3. The molecule has 0 aliphatic rings. The molecule has 0 saturated heterocycles. The van der Waals surface area contributed by atoms with E-state index < -0.39 is 0 Å². The molecule has 9 heteroatoms. The smallest absolute Gasteiger partial charge is 0.0872 e. The molecule has 3 aromatic carbocycles. The number of hydrogen-bond acceptors (Lipinski definition) is 6. The largest absolute Gasteiger partial charge is 0.213 e. The minimum Gasteiger partial charge on any atom is -0.213 e. The molecule has 0 fully saturated rings. The van der Waals surface area contributed by atoms with Crippen molar-refractivity contribution >= 4 is 49.3 Å². The van der Waals surface area contributed by atoms with Crippen molar-refractivity contribution in [2.45, 2.75) is 0 Å². The van der Waals surface area contributed by atoms with Crippen molar-refractivity contribution in [1.82, 2.24) is 44.5 Å². The third-order valence-electron chi connectivity index (χ3n) is 6.52. The maximum atomic E-state index is 4.01. The zero-order valence-corrected chi connectivity index (χ0v) is 20.6. The molecule has 6 aromatic heterocycles. The predicted octanol–water partition coefficient (Wildman–Crippen LogP) is 5.65. The molecule has 9 nitrogen and oxygen atoms in total. The van der Waals surface area contributed by atoms with Gasteiger partial charge in [0.05, 0.1) is 51.7 Å². The number of nitrogens with zero attached hydrogens (tertiary/aromatic N) is 9. The quantitative estimate of drug-likeness (QED) is 0.264. The minimum atomic E-state index is 1.03. The first-order valence-corrected chi connectivity index (χ1v) is 12.4. The molecule has 39 heavy (non-hydrogen) atoms. The van der Waals surface area contributed by atoms with Crippen LogP contribution >= 0.6 is 0 Å². The van der Waals surface area contributed by atoms with Gasteiger partial charge in [0.2, 0.25) is 0 Å². The van der Waals surface area contributed by atoms with E-state index >= 15 is 0 Å². The van der Waals surface area contributed by atoms with E-state index in [1.54, 1.807) is 18.6 Å². The molecular formula is C30H21N9. The summed E-state index contributed by atoms with van der Waals surface area (Å²) in [4.78, 5) is 0. The van der Waals surface area contributed by atoms with Crippen molar-refractivity contribution in [3.8, 4) is 0 Å². The van der Waals surface area contributed by atoms with Crippen LogP contribution in [0.3, 0.4) is 0 Å². The van der Waals surface area contributed by atoms with Crippen LogP contribution < -0.4 is 0 Å². The van der Waals surface area contributed by atoms with Crippen LogP contribution in [0, 0.1) is 0 Å². The average molecular weight is 508 g/mol. The fourth-order valence-corrected chi connectivity index (χ4v) is 4.62. The lowest BCUT2D eigenvalue weighted by Gasteiger charge is -1.98. The number of rotatable bonds is 0. The van der Waals surface area contributed by atoms with Crippen molar-refractivity contribution in [3.05, 3.63) is 128 Å². The molecule has 0 saturated carbocycles. The Hall–Kier alpha value is -5.70. The zero-order valence-electron chi connectivity index (χ0n) is 20.6. The van der Waals surface area contributed by atoms with Crippen LogP contribution in [0.15, 0.2) is 128 Å². The molecule has 9 rings (SSSR count). The van der Waals surface area contributed by atoms with Crippen molar-refractivity contribution < 1.29 is 0 Å². The van der Waals surface area contributed by atoms with Gasteiger partial charge >= 0.3 is 0 Å². The number of aromatic nitrogens is 9. The fraction of sp³-hybridized carbons (Fsp3) is 0. The zero-order chi connectivity index (χ0) is 26.0. The Balaban J connectivity index is 0.0000000974. The van der Waals surface area contributed by atoms with E-state index in [1.165, 1.54) is 16.2 Å². The van der Waals surface area contributed by atoms with Crippen molar-refractivity contribution in [1.29, 1.82) is 0 Å². The number of fused-ring (bicyclic) bond motifs is 9. The molecule has 0 aliphatic carbocycles. The van der Waals surface area contributed by atoms with Crippen LogP contribution in [-0.2, 0) is 0 Å². The molecule has 0 unspecified atom stereocenters. The van der Waals surface area contributed by atoms with Gasteiger partial charge in [0.1, 0.15) is 0 Å². The Morgan fingerprint density at radius 2 is 0.641 bits per heavy atom. The van der Waals surface area contributed by atoms with Crippen molar-refractivity contribution in [2.24, 2.45) is 0 Å². The van der Waals surface area contributed by atoms with Crippen LogP contribution in [0.5, 0.6) is 0 Å². The summed E-state index contributed by atoms with van der Waals surface area (Å²) in [5.74, 6) is 0. The lowest BCUT2D eigenvalue weighted by Crippen LogP contribution is -1.89. The Morgan fingerprint density at radius 3 is 0.974 bits per heavy atom. The van der Waals surface area contributed by atoms with Crippen LogP contribution in [0.1, 0.15) is 0 Å². The molecule has 6 heterocycles. The molecule has 0 aliphatic heterocycles. The van der Waals surface area contributed by atoms with Gasteiger partial charge in [-0.3, -0.25) is 0 Å². The van der Waals surface area contributed by atoms with Gasteiger partial charge in [0, 0.05) is 16.2 Å². The summed E-state index contributed by atoms with van der Waals surface area (Å²) in [6.07, 6.45) is 5.27. The van der Waals surface area contributed by atoms with E-state index in [-0.39, 0.29) is 0 Å². The summed E-state index contributed by atoms with van der Waals surface area (Å²) in [5, 5.41) is 27.2. The van der Waals surface area contributed by atoms with E-state index in [2.05, 4.69) is 67.3 Å². The molecular weight excluding hydrogens is 486 g/mol. The van der Waals surface area contributed by atoms with E-state index in [1.807, 2.05) is 86.3 Å². The standard InChI is InChI=1S/3C10H7N3/c3*1-2-4-10-8(3-1)5-6-9-7-11-12-13(9)10/h3*1-7H. The second-order valence-corrected chi connectivity index (χ2v) is 8.89. The normalized spacial score (nSPS) is 11.1. The second-order valence-electron chi connectivity index (χ2n) is 8.89. The SMILES string of the molecule is c1ccc2c(c1)ccc1cnnn12.c1ccc2c(c1)ccc1cnnn12.c1ccc2c(c1)ccc1cnnn12. The Morgan fingerprint density at radius 1 is 0.333 bits per heavy atom. The molecule has 0 amide bonds. The maximum Gasteiger partial charge on any atom is 0.0872 e. The lowest BCUT2D eigenvalue weighted by molar-refractivity contribution is 0.882. The molecule has 186 valence electrons. The fourth-order valence-electron chi connectivity index (χ4n) is 4.62. The van der Waals surface area contributed by atoms with Crippen LogP contribution in [-0.4, -0.2) is 44.5 Å². The number of pyridine rings is 3. The summed E-state index contributed by atoms with van der Waals surface area (Å²) >= 11 is 0. The molecule has 0 radical (unpaired) electrons. The molecule has 9 aromatic rings. The minimum absolute atomic E-state index is 1.03. The van der Waals surface area contributed by atoms with Crippen LogP contribution in [0.4, 0.5) is 0 Å². The Kier molecular flexibility index (Phi) is 5.56. The summed E-state index contributed by atoms with van der Waals surface area (Å²) in [6, 6.07) is 36.7. The van der Waals surface area contributed by atoms with Gasteiger partial charge in [0.15, 0.2) is 0 Å². The predicted molar refractivity (Wildman–Crippen MR) is 151 cm³/mol. The van der Waals surface area contributed by atoms with E-state index in [0.29, 0.717) is 0 Å². The van der Waals surface area contributed by atoms with Gasteiger partial charge < -0.3 is 0 Å². The van der Waals surface area contributed by atoms with E-state index in [0.717, 1.165) is 33.1 Å². The van der Waals surface area contributed by atoms with Gasteiger partial charge in [-0.25, -0.2) is 13.5 Å².